The lowest BCUT2D eigenvalue weighted by Crippen LogP contribution is -2.60. The first-order valence-corrected chi connectivity index (χ1v) is 6.98. The Morgan fingerprint density at radius 3 is 3.00 bits per heavy atom. The first-order chi connectivity index (χ1) is 10.1. The predicted molar refractivity (Wildman–Crippen MR) is 70.8 cm³/mol. The minimum absolute atomic E-state index is 0.0255. The number of nitrogens with zero attached hydrogens (tertiary/aromatic N) is 3. The SMILES string of the molecule is CN1CC[C@H]2OCCN(C(=O)c3ncc(F)cc3F)[C@H]2C1. The van der Waals surface area contributed by atoms with Crippen LogP contribution >= 0.6 is 0 Å². The van der Waals surface area contributed by atoms with Gasteiger partial charge in [0.25, 0.3) is 5.91 Å². The maximum absolute atomic E-state index is 13.8. The molecule has 0 aromatic carbocycles. The molecule has 114 valence electrons. The third kappa shape index (κ3) is 2.75. The van der Waals surface area contributed by atoms with Crippen molar-refractivity contribution in [2.45, 2.75) is 18.6 Å². The van der Waals surface area contributed by atoms with Crippen LogP contribution in [0.5, 0.6) is 0 Å². The number of piperidine rings is 1. The van der Waals surface area contributed by atoms with Gasteiger partial charge in [-0.2, -0.15) is 0 Å². The van der Waals surface area contributed by atoms with Gasteiger partial charge >= 0.3 is 0 Å². The number of likely N-dealkylation sites (tertiary alicyclic amines) is 1. The molecule has 2 saturated heterocycles. The van der Waals surface area contributed by atoms with Crippen LogP contribution in [-0.2, 0) is 4.74 Å². The Labute approximate surface area is 121 Å². The second kappa shape index (κ2) is 5.65. The second-order valence-electron chi connectivity index (χ2n) is 5.51. The Kier molecular flexibility index (Phi) is 3.86. The summed E-state index contributed by atoms with van der Waals surface area (Å²) in [5, 5.41) is 0. The van der Waals surface area contributed by atoms with E-state index in [4.69, 9.17) is 4.74 Å². The van der Waals surface area contributed by atoms with Gasteiger partial charge in [0, 0.05) is 25.7 Å². The largest absolute Gasteiger partial charge is 0.374 e. The van der Waals surface area contributed by atoms with Crippen LogP contribution in [0.25, 0.3) is 0 Å². The van der Waals surface area contributed by atoms with Crippen molar-refractivity contribution < 1.29 is 18.3 Å². The van der Waals surface area contributed by atoms with Gasteiger partial charge in [0.15, 0.2) is 11.5 Å². The molecule has 0 radical (unpaired) electrons. The van der Waals surface area contributed by atoms with E-state index in [1.807, 2.05) is 7.05 Å². The zero-order valence-electron chi connectivity index (χ0n) is 11.8. The monoisotopic (exact) mass is 297 g/mol. The number of carbonyl (C=O) groups is 1. The van der Waals surface area contributed by atoms with Crippen LogP contribution in [0.2, 0.25) is 0 Å². The molecule has 1 aromatic rings. The molecule has 0 unspecified atom stereocenters. The number of hydrogen-bond donors (Lipinski definition) is 0. The number of ether oxygens (including phenoxy) is 1. The fourth-order valence-electron chi connectivity index (χ4n) is 2.99. The normalized spacial score (nSPS) is 26.5. The molecule has 7 heteroatoms. The summed E-state index contributed by atoms with van der Waals surface area (Å²) >= 11 is 0. The number of aromatic nitrogens is 1. The fraction of sp³-hybridized carbons (Fsp3) is 0.571. The van der Waals surface area contributed by atoms with Gasteiger partial charge in [-0.05, 0) is 13.5 Å². The van der Waals surface area contributed by atoms with E-state index in [-0.39, 0.29) is 17.8 Å². The first-order valence-electron chi connectivity index (χ1n) is 6.98. The summed E-state index contributed by atoms with van der Waals surface area (Å²) < 4.78 is 32.4. The smallest absolute Gasteiger partial charge is 0.275 e. The molecule has 3 heterocycles. The standard InChI is InChI=1S/C14H17F2N3O2/c1-18-3-2-12-11(8-18)19(4-5-21-12)14(20)13-10(16)6-9(15)7-17-13/h6-7,11-12H,2-5,8H2,1H3/t11-,12+/m0/s1. The molecule has 0 aliphatic carbocycles. The number of fused-ring (bicyclic) bond motifs is 1. The third-order valence-electron chi connectivity index (χ3n) is 4.06. The molecule has 2 atom stereocenters. The van der Waals surface area contributed by atoms with Crippen molar-refractivity contribution >= 4 is 5.91 Å². The molecule has 2 aliphatic rings. The van der Waals surface area contributed by atoms with Crippen molar-refractivity contribution in [1.29, 1.82) is 0 Å². The molecule has 0 bridgehead atoms. The number of pyridine rings is 1. The van der Waals surface area contributed by atoms with Crippen molar-refractivity contribution in [1.82, 2.24) is 14.8 Å². The fourth-order valence-corrected chi connectivity index (χ4v) is 2.99. The number of carbonyl (C=O) groups excluding carboxylic acids is 1. The van der Waals surface area contributed by atoms with Crippen LogP contribution in [0.4, 0.5) is 8.78 Å². The van der Waals surface area contributed by atoms with E-state index in [9.17, 15) is 13.6 Å². The highest BCUT2D eigenvalue weighted by atomic mass is 19.1. The van der Waals surface area contributed by atoms with E-state index in [0.717, 1.165) is 19.2 Å². The van der Waals surface area contributed by atoms with E-state index in [0.29, 0.717) is 25.8 Å². The lowest BCUT2D eigenvalue weighted by molar-refractivity contribution is -0.0872. The maximum atomic E-state index is 13.8. The highest BCUT2D eigenvalue weighted by Gasteiger charge is 2.39. The quantitative estimate of drug-likeness (QED) is 0.773. The molecule has 2 fully saturated rings. The molecular formula is C14H17F2N3O2. The molecule has 2 aliphatic heterocycles. The van der Waals surface area contributed by atoms with E-state index in [1.54, 1.807) is 4.90 Å². The third-order valence-corrected chi connectivity index (χ3v) is 4.06. The Hall–Kier alpha value is -1.60. The first kappa shape index (κ1) is 14.3. The number of amides is 1. The summed E-state index contributed by atoms with van der Waals surface area (Å²) in [4.78, 5) is 19.9. The molecule has 0 N–H and O–H groups in total. The van der Waals surface area contributed by atoms with Crippen LogP contribution in [0.15, 0.2) is 12.3 Å². The van der Waals surface area contributed by atoms with Crippen molar-refractivity contribution in [2.75, 3.05) is 33.3 Å². The summed E-state index contributed by atoms with van der Waals surface area (Å²) in [6, 6.07) is 0.571. The minimum Gasteiger partial charge on any atom is -0.374 e. The highest BCUT2D eigenvalue weighted by molar-refractivity contribution is 5.92. The van der Waals surface area contributed by atoms with E-state index in [2.05, 4.69) is 9.88 Å². The van der Waals surface area contributed by atoms with Crippen molar-refractivity contribution in [3.05, 3.63) is 29.6 Å². The zero-order valence-corrected chi connectivity index (χ0v) is 11.8. The topological polar surface area (TPSA) is 45.7 Å². The van der Waals surface area contributed by atoms with Gasteiger partial charge in [-0.15, -0.1) is 0 Å². The number of morpholine rings is 1. The lowest BCUT2D eigenvalue weighted by Gasteiger charge is -2.46. The van der Waals surface area contributed by atoms with Gasteiger partial charge in [-0.25, -0.2) is 13.8 Å². The number of halogens is 2. The second-order valence-corrected chi connectivity index (χ2v) is 5.51. The Morgan fingerprint density at radius 2 is 2.24 bits per heavy atom. The van der Waals surface area contributed by atoms with Crippen molar-refractivity contribution in [3.63, 3.8) is 0 Å². The molecule has 0 saturated carbocycles. The summed E-state index contributed by atoms with van der Waals surface area (Å²) in [5.74, 6) is -2.21. The Balaban J connectivity index is 1.85. The Bertz CT molecular complexity index is 555. The van der Waals surface area contributed by atoms with Crippen LogP contribution in [0.3, 0.4) is 0 Å². The van der Waals surface area contributed by atoms with E-state index < -0.39 is 17.5 Å². The molecule has 1 aromatic heterocycles. The molecule has 5 nitrogen and oxygen atoms in total. The molecule has 1 amide bonds. The molecule has 0 spiro atoms. The van der Waals surface area contributed by atoms with Crippen LogP contribution in [-0.4, -0.2) is 66.1 Å². The highest BCUT2D eigenvalue weighted by Crippen LogP contribution is 2.24. The predicted octanol–water partition coefficient (Wildman–Crippen LogP) is 0.905. The van der Waals surface area contributed by atoms with Crippen LogP contribution in [0.1, 0.15) is 16.9 Å². The van der Waals surface area contributed by atoms with Crippen LogP contribution in [0, 0.1) is 11.6 Å². The average molecular weight is 297 g/mol. The zero-order chi connectivity index (χ0) is 15.0. The van der Waals surface area contributed by atoms with Crippen molar-refractivity contribution in [3.8, 4) is 0 Å². The minimum atomic E-state index is -0.924. The lowest BCUT2D eigenvalue weighted by atomic mass is 9.98. The van der Waals surface area contributed by atoms with Crippen molar-refractivity contribution in [2.24, 2.45) is 0 Å². The number of rotatable bonds is 1. The summed E-state index contributed by atoms with van der Waals surface area (Å²) in [6.07, 6.45) is 1.67. The van der Waals surface area contributed by atoms with Gasteiger partial charge in [0.2, 0.25) is 0 Å². The Morgan fingerprint density at radius 1 is 1.43 bits per heavy atom. The van der Waals surface area contributed by atoms with E-state index >= 15 is 0 Å². The van der Waals surface area contributed by atoms with Gasteiger partial charge in [0.1, 0.15) is 5.82 Å². The average Bonchev–Trinajstić information content (AvgIpc) is 2.46. The van der Waals surface area contributed by atoms with Gasteiger partial charge < -0.3 is 14.5 Å². The molecule has 3 rings (SSSR count). The molecular weight excluding hydrogens is 280 g/mol. The van der Waals surface area contributed by atoms with E-state index in [1.165, 1.54) is 0 Å². The maximum Gasteiger partial charge on any atom is 0.275 e. The van der Waals surface area contributed by atoms with Crippen LogP contribution < -0.4 is 0 Å². The van der Waals surface area contributed by atoms with Gasteiger partial charge in [0.05, 0.1) is 24.9 Å². The summed E-state index contributed by atoms with van der Waals surface area (Å²) in [6.45, 7) is 2.41. The van der Waals surface area contributed by atoms with Gasteiger partial charge in [-0.3, -0.25) is 4.79 Å². The van der Waals surface area contributed by atoms with Gasteiger partial charge in [-0.1, -0.05) is 0 Å². The number of likely N-dealkylation sites (N-methyl/N-ethyl adjacent to an activating group) is 1. The molecule has 21 heavy (non-hydrogen) atoms. The summed E-state index contributed by atoms with van der Waals surface area (Å²) in [5.41, 5.74) is -0.328. The summed E-state index contributed by atoms with van der Waals surface area (Å²) in [7, 11) is 1.98. The number of hydrogen-bond acceptors (Lipinski definition) is 4.